The summed E-state index contributed by atoms with van der Waals surface area (Å²) in [6.07, 6.45) is 1.08. The summed E-state index contributed by atoms with van der Waals surface area (Å²) in [5.74, 6) is 1.05. The molecule has 1 aliphatic heterocycles. The Kier molecular flexibility index (Phi) is 5.32. The highest BCUT2D eigenvalue weighted by molar-refractivity contribution is 5.92. The van der Waals surface area contributed by atoms with Crippen LogP contribution in [0, 0.1) is 23.2 Å². The van der Waals surface area contributed by atoms with Crippen LogP contribution in [0.3, 0.4) is 0 Å². The average molecular weight is 286 g/mol. The van der Waals surface area contributed by atoms with Crippen molar-refractivity contribution in [2.45, 2.75) is 13.3 Å². The standard InChI is InChI=1S/C16H22N4O/c1-12-5-6-20(10-14(12)9-18)11-16(21)19-15-4-2-3-13(7-15)8-17/h2-4,7,12,14H,5-6,9-11,18H2,1H3,(H,19,21). The molecule has 0 aromatic heterocycles. The molecule has 0 saturated carbocycles. The number of anilines is 1. The topological polar surface area (TPSA) is 82.2 Å². The first-order chi connectivity index (χ1) is 10.1. The van der Waals surface area contributed by atoms with Gasteiger partial charge in [0.15, 0.2) is 0 Å². The summed E-state index contributed by atoms with van der Waals surface area (Å²) >= 11 is 0. The number of nitrogens with two attached hydrogens (primary N) is 1. The molecule has 0 aliphatic carbocycles. The number of carbonyl (C=O) groups excluding carboxylic acids is 1. The number of nitriles is 1. The van der Waals surface area contributed by atoms with Crippen molar-refractivity contribution >= 4 is 11.6 Å². The van der Waals surface area contributed by atoms with Crippen molar-refractivity contribution in [3.05, 3.63) is 29.8 Å². The molecule has 1 aromatic rings. The second-order valence-electron chi connectivity index (χ2n) is 5.74. The number of piperidine rings is 1. The van der Waals surface area contributed by atoms with Gasteiger partial charge in [-0.05, 0) is 49.5 Å². The third-order valence-corrected chi connectivity index (χ3v) is 4.14. The minimum Gasteiger partial charge on any atom is -0.330 e. The largest absolute Gasteiger partial charge is 0.330 e. The number of rotatable bonds is 4. The molecule has 1 saturated heterocycles. The van der Waals surface area contributed by atoms with E-state index in [2.05, 4.69) is 23.2 Å². The molecule has 0 spiro atoms. The van der Waals surface area contributed by atoms with E-state index in [1.807, 2.05) is 0 Å². The van der Waals surface area contributed by atoms with Gasteiger partial charge >= 0.3 is 0 Å². The van der Waals surface area contributed by atoms with Gasteiger partial charge < -0.3 is 11.1 Å². The fraction of sp³-hybridized carbons (Fsp3) is 0.500. The highest BCUT2D eigenvalue weighted by Crippen LogP contribution is 2.22. The Balaban J connectivity index is 1.88. The monoisotopic (exact) mass is 286 g/mol. The van der Waals surface area contributed by atoms with Gasteiger partial charge in [-0.3, -0.25) is 9.69 Å². The number of hydrogen-bond acceptors (Lipinski definition) is 4. The average Bonchev–Trinajstić information content (AvgIpc) is 2.49. The van der Waals surface area contributed by atoms with Crippen molar-refractivity contribution in [3.8, 4) is 6.07 Å². The number of nitrogens with zero attached hydrogens (tertiary/aromatic N) is 2. The van der Waals surface area contributed by atoms with Crippen LogP contribution in [-0.4, -0.2) is 37.0 Å². The maximum Gasteiger partial charge on any atom is 0.238 e. The van der Waals surface area contributed by atoms with Gasteiger partial charge in [0.05, 0.1) is 18.2 Å². The number of likely N-dealkylation sites (tertiary alicyclic amines) is 1. The molecular weight excluding hydrogens is 264 g/mol. The molecule has 1 amide bonds. The first-order valence-electron chi connectivity index (χ1n) is 7.35. The zero-order valence-corrected chi connectivity index (χ0v) is 12.4. The number of hydrogen-bond donors (Lipinski definition) is 2. The molecular formula is C16H22N4O. The molecule has 21 heavy (non-hydrogen) atoms. The Bertz CT molecular complexity index is 537. The van der Waals surface area contributed by atoms with E-state index in [1.54, 1.807) is 24.3 Å². The third kappa shape index (κ3) is 4.28. The lowest BCUT2D eigenvalue weighted by Gasteiger charge is -2.36. The second kappa shape index (κ2) is 7.21. The van der Waals surface area contributed by atoms with Crippen LogP contribution in [-0.2, 0) is 4.79 Å². The lowest BCUT2D eigenvalue weighted by molar-refractivity contribution is -0.117. The van der Waals surface area contributed by atoms with E-state index in [0.29, 0.717) is 36.2 Å². The minimum absolute atomic E-state index is 0.0459. The van der Waals surface area contributed by atoms with Crippen molar-refractivity contribution in [3.63, 3.8) is 0 Å². The van der Waals surface area contributed by atoms with Gasteiger partial charge in [0, 0.05) is 12.2 Å². The lowest BCUT2D eigenvalue weighted by Crippen LogP contribution is -2.45. The van der Waals surface area contributed by atoms with E-state index in [-0.39, 0.29) is 5.91 Å². The maximum atomic E-state index is 12.1. The third-order valence-electron chi connectivity index (χ3n) is 4.14. The summed E-state index contributed by atoms with van der Waals surface area (Å²) in [6, 6.07) is 9.02. The van der Waals surface area contributed by atoms with Gasteiger partial charge in [-0.15, -0.1) is 0 Å². The molecule has 1 fully saturated rings. The van der Waals surface area contributed by atoms with Gasteiger partial charge in [0.25, 0.3) is 0 Å². The van der Waals surface area contributed by atoms with Gasteiger partial charge in [-0.2, -0.15) is 5.26 Å². The van der Waals surface area contributed by atoms with Crippen molar-refractivity contribution in [1.82, 2.24) is 4.90 Å². The van der Waals surface area contributed by atoms with Gasteiger partial charge in [0.1, 0.15) is 0 Å². The van der Waals surface area contributed by atoms with Crippen LogP contribution in [0.15, 0.2) is 24.3 Å². The predicted octanol–water partition coefficient (Wildman–Crippen LogP) is 1.41. The van der Waals surface area contributed by atoms with Crippen LogP contribution < -0.4 is 11.1 Å². The molecule has 5 nitrogen and oxygen atoms in total. The van der Waals surface area contributed by atoms with Crippen LogP contribution in [0.2, 0.25) is 0 Å². The molecule has 5 heteroatoms. The van der Waals surface area contributed by atoms with Crippen molar-refractivity contribution in [2.24, 2.45) is 17.6 Å². The summed E-state index contributed by atoms with van der Waals surface area (Å²) < 4.78 is 0. The minimum atomic E-state index is -0.0459. The van der Waals surface area contributed by atoms with Crippen LogP contribution in [0.5, 0.6) is 0 Å². The first-order valence-corrected chi connectivity index (χ1v) is 7.35. The quantitative estimate of drug-likeness (QED) is 0.877. The highest BCUT2D eigenvalue weighted by Gasteiger charge is 2.26. The molecule has 3 N–H and O–H groups in total. The Morgan fingerprint density at radius 3 is 3.10 bits per heavy atom. The fourth-order valence-electron chi connectivity index (χ4n) is 2.75. The molecule has 1 aliphatic rings. The molecule has 0 radical (unpaired) electrons. The SMILES string of the molecule is CC1CCN(CC(=O)Nc2cccc(C#N)c2)CC1CN. The zero-order chi connectivity index (χ0) is 15.2. The van der Waals surface area contributed by atoms with E-state index in [0.717, 1.165) is 19.5 Å². The highest BCUT2D eigenvalue weighted by atomic mass is 16.2. The van der Waals surface area contributed by atoms with Crippen LogP contribution >= 0.6 is 0 Å². The molecule has 0 bridgehead atoms. The van der Waals surface area contributed by atoms with E-state index < -0.39 is 0 Å². The fourth-order valence-corrected chi connectivity index (χ4v) is 2.75. The van der Waals surface area contributed by atoms with E-state index >= 15 is 0 Å². The lowest BCUT2D eigenvalue weighted by atomic mass is 9.87. The Labute approximate surface area is 125 Å². The summed E-state index contributed by atoms with van der Waals surface area (Å²) in [4.78, 5) is 14.2. The molecule has 1 aromatic carbocycles. The number of nitrogens with one attached hydrogen (secondary N) is 1. The van der Waals surface area contributed by atoms with Crippen LogP contribution in [0.25, 0.3) is 0 Å². The van der Waals surface area contributed by atoms with Crippen molar-refractivity contribution in [2.75, 3.05) is 31.5 Å². The number of amides is 1. The number of benzene rings is 1. The van der Waals surface area contributed by atoms with E-state index in [9.17, 15) is 4.79 Å². The number of carbonyl (C=O) groups is 1. The molecule has 112 valence electrons. The summed E-state index contributed by atoms with van der Waals surface area (Å²) in [7, 11) is 0. The van der Waals surface area contributed by atoms with Crippen molar-refractivity contribution < 1.29 is 4.79 Å². The zero-order valence-electron chi connectivity index (χ0n) is 12.4. The van der Waals surface area contributed by atoms with Crippen LogP contribution in [0.1, 0.15) is 18.9 Å². The second-order valence-corrected chi connectivity index (χ2v) is 5.74. The predicted molar refractivity (Wildman–Crippen MR) is 82.6 cm³/mol. The maximum absolute atomic E-state index is 12.1. The smallest absolute Gasteiger partial charge is 0.238 e. The molecule has 2 rings (SSSR count). The Hall–Kier alpha value is -1.90. The summed E-state index contributed by atoms with van der Waals surface area (Å²) in [5.41, 5.74) is 7.00. The van der Waals surface area contributed by atoms with Crippen LogP contribution in [0.4, 0.5) is 5.69 Å². The Morgan fingerprint density at radius 2 is 2.38 bits per heavy atom. The summed E-state index contributed by atoms with van der Waals surface area (Å²) in [5, 5.41) is 11.7. The van der Waals surface area contributed by atoms with Gasteiger partial charge in [0.2, 0.25) is 5.91 Å². The molecule has 1 heterocycles. The van der Waals surface area contributed by atoms with Gasteiger partial charge in [-0.25, -0.2) is 0 Å². The normalized spacial score (nSPS) is 22.5. The molecule has 2 atom stereocenters. The summed E-state index contributed by atoms with van der Waals surface area (Å²) in [6.45, 7) is 5.08. The van der Waals surface area contributed by atoms with Gasteiger partial charge in [-0.1, -0.05) is 13.0 Å². The van der Waals surface area contributed by atoms with Crippen molar-refractivity contribution in [1.29, 1.82) is 5.26 Å². The molecule has 2 unspecified atom stereocenters. The Morgan fingerprint density at radius 1 is 1.57 bits per heavy atom. The van der Waals surface area contributed by atoms with E-state index in [4.69, 9.17) is 11.0 Å². The van der Waals surface area contributed by atoms with E-state index in [1.165, 1.54) is 0 Å². The first kappa shape index (κ1) is 15.5.